The highest BCUT2D eigenvalue weighted by Crippen LogP contribution is 2.05. The molecule has 1 saturated heterocycles. The number of hydrogen-bond acceptors (Lipinski definition) is 3. The Morgan fingerprint density at radius 2 is 1.58 bits per heavy atom. The number of benzene rings is 1. The predicted octanol–water partition coefficient (Wildman–Crippen LogP) is 1.46. The van der Waals surface area contributed by atoms with Crippen LogP contribution in [0.5, 0.6) is 0 Å². The first kappa shape index (κ1) is 14.5. The summed E-state index contributed by atoms with van der Waals surface area (Å²) in [6.07, 6.45) is 2.45. The molecule has 0 amide bonds. The smallest absolute Gasteiger partial charge is 0.0110 e. The van der Waals surface area contributed by atoms with Gasteiger partial charge < -0.3 is 15.1 Å². The number of hydrogen-bond donors (Lipinski definition) is 1. The van der Waals surface area contributed by atoms with Crippen LogP contribution in [0.3, 0.4) is 0 Å². The molecule has 106 valence electrons. The van der Waals surface area contributed by atoms with Crippen LogP contribution in [0.1, 0.15) is 12.0 Å². The highest BCUT2D eigenvalue weighted by Gasteiger charge is 2.15. The fraction of sp³-hybridized carbons (Fsp3) is 0.625. The van der Waals surface area contributed by atoms with E-state index in [1.807, 2.05) is 7.05 Å². The van der Waals surface area contributed by atoms with Gasteiger partial charge in [-0.2, -0.15) is 0 Å². The van der Waals surface area contributed by atoms with Crippen molar-refractivity contribution in [2.75, 3.05) is 52.9 Å². The highest BCUT2D eigenvalue weighted by atomic mass is 15.3. The maximum absolute atomic E-state index is 3.22. The lowest BCUT2D eigenvalue weighted by atomic mass is 10.1. The van der Waals surface area contributed by atoms with Gasteiger partial charge in [0.2, 0.25) is 0 Å². The van der Waals surface area contributed by atoms with Crippen molar-refractivity contribution in [3.63, 3.8) is 0 Å². The zero-order valence-electron chi connectivity index (χ0n) is 12.1. The van der Waals surface area contributed by atoms with Crippen LogP contribution in [-0.2, 0) is 6.42 Å². The number of rotatable bonds is 7. The molecule has 1 aliphatic heterocycles. The van der Waals surface area contributed by atoms with Crippen LogP contribution in [0.2, 0.25) is 0 Å². The van der Waals surface area contributed by atoms with E-state index >= 15 is 0 Å². The third-order valence-corrected chi connectivity index (χ3v) is 3.93. The molecule has 0 aromatic heterocycles. The molecule has 1 N–H and O–H groups in total. The van der Waals surface area contributed by atoms with Crippen molar-refractivity contribution >= 4 is 0 Å². The Morgan fingerprint density at radius 1 is 0.947 bits per heavy atom. The second-order valence-electron chi connectivity index (χ2n) is 5.38. The molecule has 0 aliphatic carbocycles. The molecule has 0 bridgehead atoms. The summed E-state index contributed by atoms with van der Waals surface area (Å²) in [4.78, 5) is 5.19. The molecule has 3 heteroatoms. The van der Waals surface area contributed by atoms with Crippen LogP contribution in [0, 0.1) is 0 Å². The Labute approximate surface area is 117 Å². The van der Waals surface area contributed by atoms with Gasteiger partial charge in [-0.3, -0.25) is 0 Å². The molecule has 3 nitrogen and oxygen atoms in total. The van der Waals surface area contributed by atoms with Crippen molar-refractivity contribution in [3.8, 4) is 0 Å². The minimum absolute atomic E-state index is 1.13. The topological polar surface area (TPSA) is 18.5 Å². The lowest BCUT2D eigenvalue weighted by Crippen LogP contribution is -2.47. The lowest BCUT2D eigenvalue weighted by Gasteiger charge is -2.34. The Hall–Kier alpha value is -0.900. The summed E-state index contributed by atoms with van der Waals surface area (Å²) in [6.45, 7) is 8.51. The Morgan fingerprint density at radius 3 is 2.21 bits per heavy atom. The number of piperazine rings is 1. The molecule has 0 radical (unpaired) electrons. The zero-order valence-corrected chi connectivity index (χ0v) is 12.1. The van der Waals surface area contributed by atoms with Crippen LogP contribution < -0.4 is 5.32 Å². The summed E-state index contributed by atoms with van der Waals surface area (Å²) < 4.78 is 0. The van der Waals surface area contributed by atoms with Crippen LogP contribution in [-0.4, -0.2) is 62.7 Å². The Balaban J connectivity index is 1.61. The van der Waals surface area contributed by atoms with Crippen molar-refractivity contribution in [2.24, 2.45) is 0 Å². The van der Waals surface area contributed by atoms with Gasteiger partial charge in [-0.25, -0.2) is 0 Å². The van der Waals surface area contributed by atoms with Gasteiger partial charge in [0.15, 0.2) is 0 Å². The molecule has 0 atom stereocenters. The van der Waals surface area contributed by atoms with E-state index in [4.69, 9.17) is 0 Å². The van der Waals surface area contributed by atoms with Gasteiger partial charge in [-0.15, -0.1) is 0 Å². The van der Waals surface area contributed by atoms with Crippen molar-refractivity contribution in [1.82, 2.24) is 15.1 Å². The van der Waals surface area contributed by atoms with Gasteiger partial charge in [0.05, 0.1) is 0 Å². The van der Waals surface area contributed by atoms with Crippen molar-refractivity contribution in [1.29, 1.82) is 0 Å². The SMILES string of the molecule is CNCCCN1CCN(CCc2ccccc2)CC1. The molecule has 1 fully saturated rings. The molecule has 1 aromatic carbocycles. The van der Waals surface area contributed by atoms with E-state index in [2.05, 4.69) is 45.4 Å². The fourth-order valence-electron chi connectivity index (χ4n) is 2.65. The van der Waals surface area contributed by atoms with Gasteiger partial charge in [-0.05, 0) is 38.5 Å². The Kier molecular flexibility index (Phi) is 6.34. The van der Waals surface area contributed by atoms with E-state index < -0.39 is 0 Å². The van der Waals surface area contributed by atoms with Crippen molar-refractivity contribution < 1.29 is 0 Å². The van der Waals surface area contributed by atoms with Crippen LogP contribution >= 0.6 is 0 Å². The quantitative estimate of drug-likeness (QED) is 0.750. The van der Waals surface area contributed by atoms with Gasteiger partial charge in [0.25, 0.3) is 0 Å². The summed E-state index contributed by atoms with van der Waals surface area (Å²) in [5.41, 5.74) is 1.46. The zero-order chi connectivity index (χ0) is 13.3. The molecule has 2 rings (SSSR count). The number of nitrogens with one attached hydrogen (secondary N) is 1. The van der Waals surface area contributed by atoms with Gasteiger partial charge in [-0.1, -0.05) is 30.3 Å². The molecule has 1 aromatic rings. The van der Waals surface area contributed by atoms with Gasteiger partial charge in [0, 0.05) is 32.7 Å². The maximum atomic E-state index is 3.22. The molecular formula is C16H27N3. The first-order valence-corrected chi connectivity index (χ1v) is 7.52. The van der Waals surface area contributed by atoms with Gasteiger partial charge >= 0.3 is 0 Å². The molecule has 0 unspecified atom stereocenters. The van der Waals surface area contributed by atoms with Crippen molar-refractivity contribution in [2.45, 2.75) is 12.8 Å². The van der Waals surface area contributed by atoms with E-state index in [0.29, 0.717) is 0 Å². The summed E-state index contributed by atoms with van der Waals surface area (Å²) in [5.74, 6) is 0. The third-order valence-electron chi connectivity index (χ3n) is 3.93. The van der Waals surface area contributed by atoms with E-state index in [1.165, 1.54) is 57.7 Å². The van der Waals surface area contributed by atoms with E-state index in [1.54, 1.807) is 0 Å². The van der Waals surface area contributed by atoms with Crippen LogP contribution in [0.4, 0.5) is 0 Å². The fourth-order valence-corrected chi connectivity index (χ4v) is 2.65. The first-order chi connectivity index (χ1) is 9.38. The highest BCUT2D eigenvalue weighted by molar-refractivity contribution is 5.14. The molecule has 19 heavy (non-hydrogen) atoms. The second kappa shape index (κ2) is 8.31. The third kappa shape index (κ3) is 5.31. The molecule has 1 aliphatic rings. The van der Waals surface area contributed by atoms with E-state index in [0.717, 1.165) is 6.54 Å². The average Bonchev–Trinajstić information content (AvgIpc) is 2.48. The summed E-state index contributed by atoms with van der Waals surface area (Å²) >= 11 is 0. The average molecular weight is 261 g/mol. The van der Waals surface area contributed by atoms with Crippen molar-refractivity contribution in [3.05, 3.63) is 35.9 Å². The minimum Gasteiger partial charge on any atom is -0.320 e. The standard InChI is InChI=1S/C16H27N3/c1-17-9-5-10-18-12-14-19(15-13-18)11-8-16-6-3-2-4-7-16/h2-4,6-7,17H,5,8-15H2,1H3. The maximum Gasteiger partial charge on any atom is 0.0110 e. The second-order valence-corrected chi connectivity index (χ2v) is 5.38. The monoisotopic (exact) mass is 261 g/mol. The normalized spacial score (nSPS) is 17.7. The van der Waals surface area contributed by atoms with Crippen LogP contribution in [0.15, 0.2) is 30.3 Å². The molecule has 1 heterocycles. The lowest BCUT2D eigenvalue weighted by molar-refractivity contribution is 0.132. The Bertz CT molecular complexity index is 331. The molecule has 0 spiro atoms. The minimum atomic E-state index is 1.13. The predicted molar refractivity (Wildman–Crippen MR) is 81.6 cm³/mol. The molecular weight excluding hydrogens is 234 g/mol. The van der Waals surface area contributed by atoms with E-state index in [9.17, 15) is 0 Å². The van der Waals surface area contributed by atoms with Crippen LogP contribution in [0.25, 0.3) is 0 Å². The summed E-state index contributed by atoms with van der Waals surface area (Å²) in [6, 6.07) is 10.8. The molecule has 0 saturated carbocycles. The summed E-state index contributed by atoms with van der Waals surface area (Å²) in [7, 11) is 2.03. The first-order valence-electron chi connectivity index (χ1n) is 7.52. The largest absolute Gasteiger partial charge is 0.320 e. The summed E-state index contributed by atoms with van der Waals surface area (Å²) in [5, 5.41) is 3.22. The van der Waals surface area contributed by atoms with Gasteiger partial charge in [0.1, 0.15) is 0 Å². The number of nitrogens with zero attached hydrogens (tertiary/aromatic N) is 2. The van der Waals surface area contributed by atoms with E-state index in [-0.39, 0.29) is 0 Å².